The summed E-state index contributed by atoms with van der Waals surface area (Å²) in [6.45, 7) is 4.06. The molecular formula is C26H24N2O4. The van der Waals surface area contributed by atoms with E-state index < -0.39 is 5.97 Å². The quantitative estimate of drug-likeness (QED) is 0.349. The van der Waals surface area contributed by atoms with E-state index in [1.165, 1.54) is 4.73 Å². The molecule has 6 nitrogen and oxygen atoms in total. The summed E-state index contributed by atoms with van der Waals surface area (Å²) in [6, 6.07) is 26.8. The summed E-state index contributed by atoms with van der Waals surface area (Å²) >= 11 is 0. The Morgan fingerprint density at radius 3 is 2.16 bits per heavy atom. The van der Waals surface area contributed by atoms with Crippen LogP contribution in [-0.2, 0) is 11.3 Å². The zero-order valence-corrected chi connectivity index (χ0v) is 18.0. The van der Waals surface area contributed by atoms with Gasteiger partial charge in [0.1, 0.15) is 18.1 Å². The first-order chi connectivity index (χ1) is 15.7. The lowest BCUT2D eigenvalue weighted by molar-refractivity contribution is 0.0426. The van der Waals surface area contributed by atoms with Gasteiger partial charge in [-0.05, 0) is 43.7 Å². The van der Waals surface area contributed by atoms with Gasteiger partial charge in [-0.25, -0.2) is 9.78 Å². The van der Waals surface area contributed by atoms with E-state index in [0.29, 0.717) is 11.5 Å². The highest BCUT2D eigenvalue weighted by atomic mass is 16.7. The van der Waals surface area contributed by atoms with Crippen molar-refractivity contribution in [1.29, 1.82) is 0 Å². The second-order valence-electron chi connectivity index (χ2n) is 7.08. The molecule has 0 atom stereocenters. The zero-order chi connectivity index (χ0) is 22.3. The van der Waals surface area contributed by atoms with Crippen LogP contribution in [0.3, 0.4) is 0 Å². The Labute approximate surface area is 187 Å². The first kappa shape index (κ1) is 21.2. The maximum Gasteiger partial charge on any atom is 0.360 e. The predicted molar refractivity (Wildman–Crippen MR) is 122 cm³/mol. The molecule has 0 unspecified atom stereocenters. The zero-order valence-electron chi connectivity index (χ0n) is 18.0. The molecule has 0 aliphatic heterocycles. The number of carbonyl (C=O) groups excluding carboxylic acids is 1. The number of rotatable bonds is 8. The van der Waals surface area contributed by atoms with E-state index in [0.717, 1.165) is 22.6 Å². The fourth-order valence-corrected chi connectivity index (χ4v) is 3.25. The highest BCUT2D eigenvalue weighted by molar-refractivity contribution is 5.89. The number of para-hydroxylation sites is 1. The summed E-state index contributed by atoms with van der Waals surface area (Å²) in [5, 5.41) is 0. The van der Waals surface area contributed by atoms with E-state index in [1.54, 1.807) is 13.8 Å². The number of esters is 1. The van der Waals surface area contributed by atoms with E-state index >= 15 is 0 Å². The van der Waals surface area contributed by atoms with Crippen molar-refractivity contribution < 1.29 is 19.1 Å². The first-order valence-electron chi connectivity index (χ1n) is 10.4. The summed E-state index contributed by atoms with van der Waals surface area (Å²) in [5.74, 6) is 1.59. The number of hydrogen-bond acceptors (Lipinski definition) is 5. The van der Waals surface area contributed by atoms with Crippen LogP contribution in [0.2, 0.25) is 0 Å². The van der Waals surface area contributed by atoms with Crippen LogP contribution in [0, 0.1) is 6.92 Å². The molecule has 3 aromatic carbocycles. The Hall–Kier alpha value is -4.06. The third-order valence-electron chi connectivity index (χ3n) is 4.78. The van der Waals surface area contributed by atoms with Gasteiger partial charge in [-0.15, -0.1) is 0 Å². The molecular weight excluding hydrogens is 404 g/mol. The number of aryl methyl sites for hydroxylation is 1. The molecule has 0 amide bonds. The summed E-state index contributed by atoms with van der Waals surface area (Å²) in [7, 11) is 0. The van der Waals surface area contributed by atoms with Gasteiger partial charge in [-0.3, -0.25) is 0 Å². The number of aromatic nitrogens is 2. The highest BCUT2D eigenvalue weighted by Gasteiger charge is 2.24. The molecule has 0 fully saturated rings. The van der Waals surface area contributed by atoms with E-state index in [1.807, 2.05) is 84.9 Å². The van der Waals surface area contributed by atoms with E-state index in [-0.39, 0.29) is 18.9 Å². The summed E-state index contributed by atoms with van der Waals surface area (Å²) in [4.78, 5) is 23.2. The Morgan fingerprint density at radius 1 is 0.875 bits per heavy atom. The molecule has 1 aromatic heterocycles. The van der Waals surface area contributed by atoms with Crippen LogP contribution in [0.5, 0.6) is 11.5 Å². The van der Waals surface area contributed by atoms with Gasteiger partial charge in [0.25, 0.3) is 0 Å². The van der Waals surface area contributed by atoms with Crippen molar-refractivity contribution in [3.63, 3.8) is 0 Å². The first-order valence-corrected chi connectivity index (χ1v) is 10.4. The number of nitrogens with zero attached hydrogens (tertiary/aromatic N) is 2. The van der Waals surface area contributed by atoms with Crippen molar-refractivity contribution in [2.24, 2.45) is 0 Å². The molecule has 0 radical (unpaired) electrons. The van der Waals surface area contributed by atoms with Crippen LogP contribution in [0.25, 0.3) is 11.4 Å². The van der Waals surface area contributed by atoms with Gasteiger partial charge in [-0.2, -0.15) is 4.73 Å². The number of imidazole rings is 1. The lowest BCUT2D eigenvalue weighted by Crippen LogP contribution is -2.20. The Balaban J connectivity index is 1.56. The molecule has 0 aliphatic rings. The van der Waals surface area contributed by atoms with Gasteiger partial charge in [0.2, 0.25) is 0 Å². The minimum atomic E-state index is -0.466. The largest absolute Gasteiger partial charge is 0.461 e. The van der Waals surface area contributed by atoms with Crippen molar-refractivity contribution in [3.05, 3.63) is 102 Å². The van der Waals surface area contributed by atoms with Crippen molar-refractivity contribution in [2.45, 2.75) is 20.5 Å². The summed E-state index contributed by atoms with van der Waals surface area (Å²) < 4.78 is 12.5. The summed E-state index contributed by atoms with van der Waals surface area (Å²) in [5.41, 5.74) is 2.60. The van der Waals surface area contributed by atoms with Crippen LogP contribution < -0.4 is 9.57 Å². The molecule has 6 heteroatoms. The van der Waals surface area contributed by atoms with Gasteiger partial charge < -0.3 is 14.3 Å². The topological polar surface area (TPSA) is 62.6 Å². The maximum absolute atomic E-state index is 12.6. The van der Waals surface area contributed by atoms with Crippen LogP contribution in [0.1, 0.15) is 28.7 Å². The van der Waals surface area contributed by atoms with Gasteiger partial charge in [0.15, 0.2) is 11.5 Å². The van der Waals surface area contributed by atoms with Gasteiger partial charge in [-0.1, -0.05) is 60.7 Å². The molecule has 32 heavy (non-hydrogen) atoms. The molecule has 0 saturated heterocycles. The van der Waals surface area contributed by atoms with E-state index in [4.69, 9.17) is 14.3 Å². The fraction of sp³-hybridized carbons (Fsp3) is 0.154. The van der Waals surface area contributed by atoms with E-state index in [2.05, 4.69) is 4.98 Å². The van der Waals surface area contributed by atoms with Crippen LogP contribution >= 0.6 is 0 Å². The average molecular weight is 428 g/mol. The normalized spacial score (nSPS) is 10.6. The SMILES string of the molecule is CCOC(=O)c1c(C)nc(-c2ccccc2)n1OCc1ccc(Oc2ccccc2)cc1. The van der Waals surface area contributed by atoms with Gasteiger partial charge in [0.05, 0.1) is 12.3 Å². The Bertz CT molecular complexity index is 1170. The minimum Gasteiger partial charge on any atom is -0.461 e. The van der Waals surface area contributed by atoms with Crippen molar-refractivity contribution in [3.8, 4) is 22.9 Å². The number of carbonyl (C=O) groups is 1. The lowest BCUT2D eigenvalue weighted by atomic mass is 10.2. The summed E-state index contributed by atoms with van der Waals surface area (Å²) in [6.07, 6.45) is 0. The van der Waals surface area contributed by atoms with E-state index in [9.17, 15) is 4.79 Å². The van der Waals surface area contributed by atoms with Crippen LogP contribution in [0.4, 0.5) is 0 Å². The fourth-order valence-electron chi connectivity index (χ4n) is 3.25. The van der Waals surface area contributed by atoms with Crippen LogP contribution in [-0.4, -0.2) is 22.3 Å². The Morgan fingerprint density at radius 2 is 1.50 bits per heavy atom. The Kier molecular flexibility index (Phi) is 6.51. The molecule has 162 valence electrons. The molecule has 0 bridgehead atoms. The number of hydrogen-bond donors (Lipinski definition) is 0. The second kappa shape index (κ2) is 9.83. The predicted octanol–water partition coefficient (Wildman–Crippen LogP) is 5.46. The molecule has 4 rings (SSSR count). The van der Waals surface area contributed by atoms with Crippen molar-refractivity contribution in [1.82, 2.24) is 9.71 Å². The second-order valence-corrected chi connectivity index (χ2v) is 7.08. The molecule has 0 N–H and O–H groups in total. The maximum atomic E-state index is 12.6. The van der Waals surface area contributed by atoms with Gasteiger partial charge >= 0.3 is 5.97 Å². The third-order valence-corrected chi connectivity index (χ3v) is 4.78. The third kappa shape index (κ3) is 4.81. The van der Waals surface area contributed by atoms with Crippen molar-refractivity contribution in [2.75, 3.05) is 6.61 Å². The number of benzene rings is 3. The highest BCUT2D eigenvalue weighted by Crippen LogP contribution is 2.24. The van der Waals surface area contributed by atoms with Gasteiger partial charge in [0, 0.05) is 5.56 Å². The van der Waals surface area contributed by atoms with Crippen LogP contribution in [0.15, 0.2) is 84.9 Å². The average Bonchev–Trinajstić information content (AvgIpc) is 3.16. The lowest BCUT2D eigenvalue weighted by Gasteiger charge is -2.13. The smallest absolute Gasteiger partial charge is 0.360 e. The molecule has 1 heterocycles. The molecule has 0 aliphatic carbocycles. The van der Waals surface area contributed by atoms with Crippen molar-refractivity contribution >= 4 is 5.97 Å². The molecule has 0 spiro atoms. The monoisotopic (exact) mass is 428 g/mol. The minimum absolute atomic E-state index is 0.244. The standard InChI is InChI=1S/C26H24N2O4/c1-3-30-26(29)24-19(2)27-25(21-10-6-4-7-11-21)28(24)31-18-20-14-16-23(17-15-20)32-22-12-8-5-9-13-22/h4-17H,3,18H2,1-2H3. The molecule has 0 saturated carbocycles. The number of ether oxygens (including phenoxy) is 2. The molecule has 4 aromatic rings.